The third-order valence-corrected chi connectivity index (χ3v) is 3.62. The zero-order chi connectivity index (χ0) is 9.31. The molecule has 3 heteroatoms. The topological polar surface area (TPSA) is 52.5 Å². The van der Waals surface area contributed by atoms with Crippen molar-refractivity contribution in [2.45, 2.75) is 56.3 Å². The second kappa shape index (κ2) is 3.56. The van der Waals surface area contributed by atoms with E-state index < -0.39 is 0 Å². The summed E-state index contributed by atoms with van der Waals surface area (Å²) < 4.78 is 0. The Morgan fingerprint density at radius 2 is 1.69 bits per heavy atom. The Morgan fingerprint density at radius 3 is 2.23 bits per heavy atom. The van der Waals surface area contributed by atoms with E-state index in [1.165, 1.54) is 6.42 Å². The number of nitrogens with one attached hydrogen (secondary N) is 1. The van der Waals surface area contributed by atoms with Gasteiger partial charge in [0.2, 0.25) is 0 Å². The summed E-state index contributed by atoms with van der Waals surface area (Å²) in [5, 5.41) is 23.2. The highest BCUT2D eigenvalue weighted by molar-refractivity contribution is 5.04. The van der Waals surface area contributed by atoms with Crippen LogP contribution in [0.2, 0.25) is 0 Å². The number of hydrogen-bond donors (Lipinski definition) is 3. The molecule has 2 unspecified atom stereocenters. The molecule has 1 spiro atoms. The van der Waals surface area contributed by atoms with Crippen LogP contribution in [0.3, 0.4) is 0 Å². The fourth-order valence-electron chi connectivity index (χ4n) is 2.76. The smallest absolute Gasteiger partial charge is 0.0747 e. The minimum Gasteiger partial charge on any atom is -0.391 e. The third-order valence-electron chi connectivity index (χ3n) is 3.62. The van der Waals surface area contributed by atoms with Crippen LogP contribution in [0, 0.1) is 0 Å². The van der Waals surface area contributed by atoms with Crippen molar-refractivity contribution in [3.05, 3.63) is 0 Å². The van der Waals surface area contributed by atoms with Gasteiger partial charge in [-0.2, -0.15) is 0 Å². The quantitative estimate of drug-likeness (QED) is 0.512. The number of rotatable bonds is 0. The van der Waals surface area contributed by atoms with Gasteiger partial charge >= 0.3 is 0 Å². The molecule has 1 saturated carbocycles. The van der Waals surface area contributed by atoms with Crippen LogP contribution in [0.5, 0.6) is 0 Å². The molecule has 2 rings (SSSR count). The lowest BCUT2D eigenvalue weighted by atomic mass is 9.72. The Bertz CT molecular complexity index is 166. The second-order valence-corrected chi connectivity index (χ2v) is 4.39. The highest BCUT2D eigenvalue weighted by Gasteiger charge is 2.46. The van der Waals surface area contributed by atoms with E-state index in [-0.39, 0.29) is 17.7 Å². The molecule has 0 bridgehead atoms. The Labute approximate surface area is 79.2 Å². The van der Waals surface area contributed by atoms with Crippen LogP contribution < -0.4 is 5.32 Å². The van der Waals surface area contributed by atoms with Crippen LogP contribution in [0.1, 0.15) is 38.5 Å². The minimum absolute atomic E-state index is 0.350. The molecule has 1 aliphatic carbocycles. The lowest BCUT2D eigenvalue weighted by Crippen LogP contribution is -2.65. The maximum atomic E-state index is 9.93. The van der Waals surface area contributed by atoms with Gasteiger partial charge in [-0.3, -0.25) is 0 Å². The summed E-state index contributed by atoms with van der Waals surface area (Å²) >= 11 is 0. The molecule has 0 aromatic heterocycles. The lowest BCUT2D eigenvalue weighted by Gasteiger charge is -2.48. The van der Waals surface area contributed by atoms with E-state index in [1.54, 1.807) is 0 Å². The molecule has 76 valence electrons. The Morgan fingerprint density at radius 1 is 1.00 bits per heavy atom. The van der Waals surface area contributed by atoms with Gasteiger partial charge in [0.15, 0.2) is 0 Å². The van der Waals surface area contributed by atoms with Crippen LogP contribution in [0.25, 0.3) is 0 Å². The summed E-state index contributed by atoms with van der Waals surface area (Å²) in [7, 11) is 0. The average Bonchev–Trinajstić information content (AvgIpc) is 2.16. The molecule has 1 aliphatic heterocycles. The SMILES string of the molecule is OC1CCCC(O)C12CCCCN2. The first-order valence-electron chi connectivity index (χ1n) is 5.37. The van der Waals surface area contributed by atoms with E-state index >= 15 is 0 Å². The summed E-state index contributed by atoms with van der Waals surface area (Å²) in [6, 6.07) is 0. The lowest BCUT2D eigenvalue weighted by molar-refractivity contribution is -0.0759. The van der Waals surface area contributed by atoms with Crippen molar-refractivity contribution in [2.75, 3.05) is 6.54 Å². The van der Waals surface area contributed by atoms with E-state index in [0.29, 0.717) is 0 Å². The first-order valence-corrected chi connectivity index (χ1v) is 5.37. The normalized spacial score (nSPS) is 46.6. The number of hydrogen-bond acceptors (Lipinski definition) is 3. The van der Waals surface area contributed by atoms with Crippen molar-refractivity contribution in [2.24, 2.45) is 0 Å². The van der Waals surface area contributed by atoms with Gasteiger partial charge in [-0.15, -0.1) is 0 Å². The second-order valence-electron chi connectivity index (χ2n) is 4.39. The highest BCUT2D eigenvalue weighted by atomic mass is 16.3. The Kier molecular flexibility index (Phi) is 2.58. The van der Waals surface area contributed by atoms with E-state index in [9.17, 15) is 10.2 Å². The largest absolute Gasteiger partial charge is 0.391 e. The van der Waals surface area contributed by atoms with Gasteiger partial charge in [0.05, 0.1) is 17.7 Å². The van der Waals surface area contributed by atoms with Crippen molar-refractivity contribution < 1.29 is 10.2 Å². The first-order chi connectivity index (χ1) is 6.26. The van der Waals surface area contributed by atoms with E-state index in [4.69, 9.17) is 0 Å². The van der Waals surface area contributed by atoms with Crippen molar-refractivity contribution in [3.63, 3.8) is 0 Å². The van der Waals surface area contributed by atoms with Crippen LogP contribution in [-0.2, 0) is 0 Å². The molecule has 3 N–H and O–H groups in total. The van der Waals surface area contributed by atoms with Gasteiger partial charge in [-0.1, -0.05) is 6.42 Å². The molecule has 2 aliphatic rings. The predicted molar refractivity (Wildman–Crippen MR) is 50.4 cm³/mol. The molecule has 1 heterocycles. The number of piperidine rings is 1. The minimum atomic E-state index is -0.365. The molecule has 0 amide bonds. The Balaban J connectivity index is 2.13. The predicted octanol–water partition coefficient (Wildman–Crippen LogP) is 0.404. The van der Waals surface area contributed by atoms with Crippen molar-refractivity contribution in [1.82, 2.24) is 5.32 Å². The number of aliphatic hydroxyl groups excluding tert-OH is 2. The third kappa shape index (κ3) is 1.49. The van der Waals surface area contributed by atoms with E-state index in [1.807, 2.05) is 0 Å². The molecule has 0 radical (unpaired) electrons. The van der Waals surface area contributed by atoms with Crippen molar-refractivity contribution in [1.29, 1.82) is 0 Å². The molecule has 13 heavy (non-hydrogen) atoms. The molecule has 2 fully saturated rings. The molecule has 0 aromatic carbocycles. The summed E-state index contributed by atoms with van der Waals surface area (Å²) in [6.45, 7) is 0.939. The van der Waals surface area contributed by atoms with Gasteiger partial charge in [-0.05, 0) is 38.6 Å². The van der Waals surface area contributed by atoms with E-state index in [2.05, 4.69) is 5.32 Å². The summed E-state index contributed by atoms with van der Waals surface area (Å²) in [5.41, 5.74) is -0.365. The average molecular weight is 185 g/mol. The maximum Gasteiger partial charge on any atom is 0.0747 e. The zero-order valence-electron chi connectivity index (χ0n) is 8.00. The maximum absolute atomic E-state index is 9.93. The highest BCUT2D eigenvalue weighted by Crippen LogP contribution is 2.35. The van der Waals surface area contributed by atoms with Gasteiger partial charge in [-0.25, -0.2) is 0 Å². The monoisotopic (exact) mass is 185 g/mol. The van der Waals surface area contributed by atoms with Gasteiger partial charge in [0.25, 0.3) is 0 Å². The summed E-state index contributed by atoms with van der Waals surface area (Å²) in [4.78, 5) is 0. The van der Waals surface area contributed by atoms with Crippen LogP contribution in [0.4, 0.5) is 0 Å². The van der Waals surface area contributed by atoms with Crippen molar-refractivity contribution >= 4 is 0 Å². The molecule has 3 nitrogen and oxygen atoms in total. The fraction of sp³-hybridized carbons (Fsp3) is 1.00. The van der Waals surface area contributed by atoms with E-state index in [0.717, 1.165) is 38.6 Å². The zero-order valence-corrected chi connectivity index (χ0v) is 8.00. The Hall–Kier alpha value is -0.120. The van der Waals surface area contributed by atoms with Crippen LogP contribution >= 0.6 is 0 Å². The molecule has 2 atom stereocenters. The standard InChI is InChI=1S/C10H19NO2/c12-8-4-3-5-9(13)10(8)6-1-2-7-11-10/h8-9,11-13H,1-7H2. The van der Waals surface area contributed by atoms with Crippen LogP contribution in [0.15, 0.2) is 0 Å². The molecule has 0 aromatic rings. The van der Waals surface area contributed by atoms with Crippen LogP contribution in [-0.4, -0.2) is 34.5 Å². The molecular weight excluding hydrogens is 166 g/mol. The molecule has 1 saturated heterocycles. The van der Waals surface area contributed by atoms with Gasteiger partial charge in [0, 0.05) is 0 Å². The summed E-state index contributed by atoms with van der Waals surface area (Å²) in [6.07, 6.45) is 5.14. The summed E-state index contributed by atoms with van der Waals surface area (Å²) in [5.74, 6) is 0. The van der Waals surface area contributed by atoms with Crippen molar-refractivity contribution in [3.8, 4) is 0 Å². The molecular formula is C10H19NO2. The first kappa shape index (κ1) is 9.44. The number of aliphatic hydroxyl groups is 2. The van der Waals surface area contributed by atoms with Gasteiger partial charge in [0.1, 0.15) is 0 Å². The van der Waals surface area contributed by atoms with Gasteiger partial charge < -0.3 is 15.5 Å². The fourth-order valence-corrected chi connectivity index (χ4v) is 2.76.